The molecular weight excluding hydrogens is 404 g/mol. The molecule has 1 aliphatic carbocycles. The van der Waals surface area contributed by atoms with E-state index in [2.05, 4.69) is 32.7 Å². The molecule has 0 spiro atoms. The Balaban J connectivity index is 1.75. The van der Waals surface area contributed by atoms with Crippen LogP contribution in [0, 0.1) is 12.8 Å². The molecule has 0 amide bonds. The van der Waals surface area contributed by atoms with Gasteiger partial charge in [0, 0.05) is 13.0 Å². The van der Waals surface area contributed by atoms with Crippen molar-refractivity contribution >= 4 is 27.6 Å². The summed E-state index contributed by atoms with van der Waals surface area (Å²) in [5.74, 6) is 2.21. The number of aromatic nitrogens is 3. The number of sulfonamides is 1. The fraction of sp³-hybridized carbons (Fsp3) is 0.562. The van der Waals surface area contributed by atoms with Crippen LogP contribution in [0.1, 0.15) is 19.0 Å². The maximum Gasteiger partial charge on any atom is 0.210 e. The number of ether oxygens (including phenoxy) is 2. The first-order valence-corrected chi connectivity index (χ1v) is 11.4. The highest BCUT2D eigenvalue weighted by atomic mass is 32.2. The van der Waals surface area contributed by atoms with Crippen molar-refractivity contribution in [1.29, 1.82) is 0 Å². The summed E-state index contributed by atoms with van der Waals surface area (Å²) in [6.45, 7) is 5.21. The zero-order valence-electron chi connectivity index (χ0n) is 15.7. The Bertz CT molecular complexity index is 874. The number of rotatable bonds is 8. The first kappa shape index (κ1) is 20.8. The van der Waals surface area contributed by atoms with Crippen molar-refractivity contribution in [2.45, 2.75) is 25.8 Å². The van der Waals surface area contributed by atoms with E-state index < -0.39 is 10.0 Å². The summed E-state index contributed by atoms with van der Waals surface area (Å²) < 4.78 is 33.9. The highest BCUT2D eigenvalue weighted by Crippen LogP contribution is 2.39. The van der Waals surface area contributed by atoms with Gasteiger partial charge in [-0.2, -0.15) is 0 Å². The van der Waals surface area contributed by atoms with Gasteiger partial charge in [-0.25, -0.2) is 18.5 Å². The quantitative estimate of drug-likeness (QED) is 0.506. The van der Waals surface area contributed by atoms with Gasteiger partial charge in [0.15, 0.2) is 11.6 Å². The Morgan fingerprint density at radius 3 is 2.93 bits per heavy atom. The summed E-state index contributed by atoms with van der Waals surface area (Å²) in [6, 6.07) is 0. The van der Waals surface area contributed by atoms with E-state index in [1.807, 2.05) is 13.0 Å². The largest absolute Gasteiger partial charge is 0.490 e. The Morgan fingerprint density at radius 2 is 2.18 bits per heavy atom. The van der Waals surface area contributed by atoms with Crippen molar-refractivity contribution in [3.63, 3.8) is 0 Å². The smallest absolute Gasteiger partial charge is 0.210 e. The molecule has 0 aromatic carbocycles. The lowest BCUT2D eigenvalue weighted by atomic mass is 10.00. The molecule has 12 heteroatoms. The molecule has 2 unspecified atom stereocenters. The highest BCUT2D eigenvalue weighted by molar-refractivity contribution is 8.03. The van der Waals surface area contributed by atoms with E-state index in [1.54, 1.807) is 0 Å². The van der Waals surface area contributed by atoms with Gasteiger partial charge in [-0.3, -0.25) is 5.32 Å². The van der Waals surface area contributed by atoms with E-state index in [0.29, 0.717) is 24.7 Å². The first-order chi connectivity index (χ1) is 13.3. The SMILES string of the molecule is Cc1ncnnc1NC(NCCS(N)(=O)=O)SC1=CC2=C(CC1C)OCCO2. The summed E-state index contributed by atoms with van der Waals surface area (Å²) in [5, 5.41) is 19.3. The molecule has 0 radical (unpaired) electrons. The summed E-state index contributed by atoms with van der Waals surface area (Å²) in [7, 11) is -3.56. The number of hydrogen-bond donors (Lipinski definition) is 3. The van der Waals surface area contributed by atoms with Crippen LogP contribution < -0.4 is 15.8 Å². The molecule has 3 rings (SSSR count). The molecular formula is C16H24N6O4S2. The third-order valence-corrected chi connectivity index (χ3v) is 6.27. The minimum Gasteiger partial charge on any atom is -0.490 e. The van der Waals surface area contributed by atoms with Crippen LogP contribution in [-0.4, -0.2) is 54.6 Å². The fourth-order valence-electron chi connectivity index (χ4n) is 2.73. The van der Waals surface area contributed by atoms with Crippen molar-refractivity contribution in [3.8, 4) is 0 Å². The second-order valence-electron chi connectivity index (χ2n) is 6.49. The second-order valence-corrected chi connectivity index (χ2v) is 9.41. The van der Waals surface area contributed by atoms with Crippen LogP contribution in [0.3, 0.4) is 0 Å². The highest BCUT2D eigenvalue weighted by Gasteiger charge is 2.27. The van der Waals surface area contributed by atoms with Crippen molar-refractivity contribution < 1.29 is 17.9 Å². The number of nitrogens with two attached hydrogens (primary N) is 1. The maximum atomic E-state index is 11.3. The molecule has 2 aliphatic rings. The fourth-order valence-corrected chi connectivity index (χ4v) is 4.26. The molecule has 1 aromatic heterocycles. The van der Waals surface area contributed by atoms with Crippen LogP contribution >= 0.6 is 11.8 Å². The van der Waals surface area contributed by atoms with Gasteiger partial charge in [0.2, 0.25) is 10.0 Å². The van der Waals surface area contributed by atoms with Gasteiger partial charge in [-0.05, 0) is 23.8 Å². The monoisotopic (exact) mass is 428 g/mol. The lowest BCUT2D eigenvalue weighted by molar-refractivity contribution is 0.0597. The zero-order valence-corrected chi connectivity index (χ0v) is 17.3. The topological polar surface area (TPSA) is 141 Å². The Morgan fingerprint density at radius 1 is 1.39 bits per heavy atom. The van der Waals surface area contributed by atoms with Crippen molar-refractivity contribution in [2.24, 2.45) is 11.1 Å². The lowest BCUT2D eigenvalue weighted by Crippen LogP contribution is -2.38. The number of hydrogen-bond acceptors (Lipinski definition) is 10. The van der Waals surface area contributed by atoms with Crippen LogP contribution in [0.25, 0.3) is 0 Å². The van der Waals surface area contributed by atoms with E-state index in [9.17, 15) is 8.42 Å². The number of anilines is 1. The molecule has 1 aliphatic heterocycles. The number of primary sulfonamides is 1. The Hall–Kier alpha value is -1.89. The van der Waals surface area contributed by atoms with Gasteiger partial charge < -0.3 is 14.8 Å². The zero-order chi connectivity index (χ0) is 20.1. The van der Waals surface area contributed by atoms with Crippen LogP contribution in [0.5, 0.6) is 0 Å². The van der Waals surface area contributed by atoms with E-state index >= 15 is 0 Å². The summed E-state index contributed by atoms with van der Waals surface area (Å²) in [6.07, 6.45) is 4.10. The van der Waals surface area contributed by atoms with Crippen molar-refractivity contribution in [1.82, 2.24) is 20.5 Å². The summed E-state index contributed by atoms with van der Waals surface area (Å²) in [5.41, 5.74) is 0.327. The van der Waals surface area contributed by atoms with E-state index in [4.69, 9.17) is 14.6 Å². The predicted molar refractivity (Wildman–Crippen MR) is 106 cm³/mol. The number of allylic oxidation sites excluding steroid dienone is 3. The third kappa shape index (κ3) is 5.80. The van der Waals surface area contributed by atoms with Crippen LogP contribution in [-0.2, 0) is 19.5 Å². The molecule has 1 aromatic rings. The molecule has 0 fully saturated rings. The van der Waals surface area contributed by atoms with Gasteiger partial charge in [-0.1, -0.05) is 18.7 Å². The molecule has 2 atom stereocenters. The number of nitrogens with one attached hydrogen (secondary N) is 2. The molecule has 0 bridgehead atoms. The Kier molecular flexibility index (Phi) is 6.75. The molecule has 10 nitrogen and oxygen atoms in total. The van der Waals surface area contributed by atoms with Gasteiger partial charge >= 0.3 is 0 Å². The first-order valence-electron chi connectivity index (χ1n) is 8.83. The van der Waals surface area contributed by atoms with Gasteiger partial charge in [0.05, 0.1) is 11.4 Å². The molecule has 4 N–H and O–H groups in total. The minimum atomic E-state index is -3.56. The normalized spacial score (nSPS) is 20.5. The van der Waals surface area contributed by atoms with Gasteiger partial charge in [-0.15, -0.1) is 10.2 Å². The number of aryl methyl sites for hydroxylation is 1. The van der Waals surface area contributed by atoms with Crippen molar-refractivity contribution in [3.05, 3.63) is 34.5 Å². The van der Waals surface area contributed by atoms with E-state index in [0.717, 1.165) is 22.8 Å². The summed E-state index contributed by atoms with van der Waals surface area (Å²) >= 11 is 1.52. The van der Waals surface area contributed by atoms with Crippen LogP contribution in [0.15, 0.2) is 28.8 Å². The lowest BCUT2D eigenvalue weighted by Gasteiger charge is -2.30. The van der Waals surface area contributed by atoms with E-state index in [1.165, 1.54) is 18.1 Å². The van der Waals surface area contributed by atoms with E-state index in [-0.39, 0.29) is 23.7 Å². The maximum absolute atomic E-state index is 11.3. The Labute approximate surface area is 168 Å². The van der Waals surface area contributed by atoms with Crippen molar-refractivity contribution in [2.75, 3.05) is 30.8 Å². The molecule has 154 valence electrons. The van der Waals surface area contributed by atoms with Gasteiger partial charge in [0.25, 0.3) is 0 Å². The molecule has 0 saturated heterocycles. The molecule has 0 saturated carbocycles. The third-order valence-electron chi connectivity index (χ3n) is 4.18. The van der Waals surface area contributed by atoms with Crippen LogP contribution in [0.2, 0.25) is 0 Å². The molecule has 28 heavy (non-hydrogen) atoms. The number of nitrogens with zero attached hydrogens (tertiary/aromatic N) is 3. The average molecular weight is 429 g/mol. The second kappa shape index (κ2) is 9.07. The minimum absolute atomic E-state index is 0.176. The standard InChI is InChI=1S/C16H24N6O4S2/c1-10-7-12-13(26-5-4-25-12)8-14(10)27-16(18-3-6-28(17,23)24)21-15-11(2)19-9-20-22-15/h8-10,16,18H,3-7H2,1-2H3,(H,21,22)(H2,17,23,24). The predicted octanol–water partition coefficient (Wildman–Crippen LogP) is 0.669. The van der Waals surface area contributed by atoms with Crippen LogP contribution in [0.4, 0.5) is 5.82 Å². The van der Waals surface area contributed by atoms with Gasteiger partial charge in [0.1, 0.15) is 30.8 Å². The summed E-state index contributed by atoms with van der Waals surface area (Å²) in [4.78, 5) is 5.20. The number of thioether (sulfide) groups is 1. The molecule has 2 heterocycles. The average Bonchev–Trinajstić information content (AvgIpc) is 2.63.